The minimum Gasteiger partial charge on any atom is -0.382 e. The van der Waals surface area contributed by atoms with E-state index in [-0.39, 0.29) is 36.5 Å². The molecule has 0 aromatic carbocycles. The molecule has 0 radical (unpaired) electrons. The Bertz CT molecular complexity index is 1220. The second kappa shape index (κ2) is 10.6. The van der Waals surface area contributed by atoms with E-state index in [2.05, 4.69) is 31.4 Å². The van der Waals surface area contributed by atoms with Gasteiger partial charge in [-0.3, -0.25) is 24.7 Å². The normalized spacial score (nSPS) is 21.7. The van der Waals surface area contributed by atoms with Crippen LogP contribution in [0.25, 0.3) is 0 Å². The molecule has 4 heterocycles. The summed E-state index contributed by atoms with van der Waals surface area (Å²) in [6.45, 7) is 3.03. The number of rotatable bonds is 7. The summed E-state index contributed by atoms with van der Waals surface area (Å²) in [4.78, 5) is 40.2. The second-order valence-corrected chi connectivity index (χ2v) is 9.43. The zero-order valence-electron chi connectivity index (χ0n) is 20.1. The van der Waals surface area contributed by atoms with Gasteiger partial charge in [0.2, 0.25) is 5.91 Å². The number of carbonyl (C=O) groups excluding carboxylic acids is 2. The van der Waals surface area contributed by atoms with Crippen molar-refractivity contribution in [2.75, 3.05) is 19.3 Å². The highest BCUT2D eigenvalue weighted by Crippen LogP contribution is 2.42. The third-order valence-electron chi connectivity index (χ3n) is 5.67. The Morgan fingerprint density at radius 2 is 2.08 bits per heavy atom. The standard InChI is InChI=1S/C21H26F3N9O3S/c1-10-13(21(22,23)24)4-12(5-26-10)20-32(3)14(8-37-20)30-15(34)7-33-9-28-18(25)17(33)19(35)27-6-16-29-11(2)31-36-16/h4-5,8-9,11,16,20,29,31H,6-7,25H2,1-3H3,(H,27,35)(H,30,34). The molecular weight excluding hydrogens is 515 g/mol. The fourth-order valence-electron chi connectivity index (χ4n) is 3.82. The number of nitrogens with one attached hydrogen (secondary N) is 4. The third kappa shape index (κ3) is 5.98. The monoisotopic (exact) mass is 541 g/mol. The summed E-state index contributed by atoms with van der Waals surface area (Å²) < 4.78 is 41.3. The number of carbonyl (C=O) groups is 2. The van der Waals surface area contributed by atoms with Crippen molar-refractivity contribution < 1.29 is 27.6 Å². The maximum Gasteiger partial charge on any atom is 0.418 e. The van der Waals surface area contributed by atoms with E-state index in [4.69, 9.17) is 10.6 Å². The molecule has 2 aromatic heterocycles. The predicted molar refractivity (Wildman–Crippen MR) is 128 cm³/mol. The Hall–Kier alpha value is -3.34. The fourth-order valence-corrected chi connectivity index (χ4v) is 4.89. The molecule has 2 amide bonds. The predicted octanol–water partition coefficient (Wildman–Crippen LogP) is 1.01. The van der Waals surface area contributed by atoms with Gasteiger partial charge >= 0.3 is 6.18 Å². The number of aromatic nitrogens is 3. The molecule has 200 valence electrons. The molecule has 0 aliphatic carbocycles. The van der Waals surface area contributed by atoms with Gasteiger partial charge in [0.15, 0.2) is 11.5 Å². The summed E-state index contributed by atoms with van der Waals surface area (Å²) in [6, 6.07) is 1.07. The number of hydrogen-bond acceptors (Lipinski definition) is 10. The molecule has 3 atom stereocenters. The van der Waals surface area contributed by atoms with Crippen molar-refractivity contribution in [1.29, 1.82) is 0 Å². The molecule has 16 heteroatoms. The average Bonchev–Trinajstić information content (AvgIpc) is 3.51. The number of anilines is 1. The molecular formula is C21H26F3N9O3S. The smallest absolute Gasteiger partial charge is 0.382 e. The van der Waals surface area contributed by atoms with Gasteiger partial charge in [-0.15, -0.1) is 11.8 Å². The average molecular weight is 542 g/mol. The maximum absolute atomic E-state index is 13.3. The molecule has 2 aliphatic rings. The molecule has 2 aromatic rings. The lowest BCUT2D eigenvalue weighted by Crippen LogP contribution is -2.40. The number of imidazole rings is 1. The van der Waals surface area contributed by atoms with Crippen molar-refractivity contribution in [2.45, 2.75) is 44.3 Å². The first-order valence-corrected chi connectivity index (χ1v) is 12.1. The molecule has 6 N–H and O–H groups in total. The molecule has 2 aliphatic heterocycles. The van der Waals surface area contributed by atoms with E-state index in [1.165, 1.54) is 35.8 Å². The van der Waals surface area contributed by atoms with Crippen molar-refractivity contribution in [3.05, 3.63) is 52.3 Å². The number of hydrogen-bond donors (Lipinski definition) is 5. The summed E-state index contributed by atoms with van der Waals surface area (Å²) in [7, 11) is 1.65. The van der Waals surface area contributed by atoms with E-state index in [1.54, 1.807) is 17.4 Å². The van der Waals surface area contributed by atoms with Crippen LogP contribution in [0, 0.1) is 6.92 Å². The Morgan fingerprint density at radius 1 is 1.32 bits per heavy atom. The second-order valence-electron chi connectivity index (χ2n) is 8.48. The van der Waals surface area contributed by atoms with Crippen molar-refractivity contribution in [3.63, 3.8) is 0 Å². The van der Waals surface area contributed by atoms with Crippen LogP contribution in [-0.2, 0) is 22.4 Å². The third-order valence-corrected chi connectivity index (χ3v) is 6.88. The first kappa shape index (κ1) is 26.7. The van der Waals surface area contributed by atoms with Gasteiger partial charge in [-0.1, -0.05) is 0 Å². The van der Waals surface area contributed by atoms with Gasteiger partial charge in [0.1, 0.15) is 24.0 Å². The van der Waals surface area contributed by atoms with Crippen molar-refractivity contribution in [2.24, 2.45) is 0 Å². The van der Waals surface area contributed by atoms with Gasteiger partial charge in [0.05, 0.1) is 24.6 Å². The van der Waals surface area contributed by atoms with Gasteiger partial charge in [-0.2, -0.15) is 18.7 Å². The SMILES string of the molecule is Cc1ncc(C2SC=C(NC(=O)Cn3cnc(N)c3C(=O)NCC3NC(C)NO3)N2C)cc1C(F)(F)F. The van der Waals surface area contributed by atoms with Gasteiger partial charge in [0.25, 0.3) is 5.91 Å². The number of nitrogens with two attached hydrogens (primary N) is 1. The Morgan fingerprint density at radius 3 is 2.76 bits per heavy atom. The van der Waals surface area contributed by atoms with Crippen LogP contribution in [-0.4, -0.2) is 57.2 Å². The van der Waals surface area contributed by atoms with Crippen molar-refractivity contribution >= 4 is 29.4 Å². The molecule has 0 bridgehead atoms. The molecule has 0 saturated carbocycles. The molecule has 4 rings (SSSR count). The number of nitrogen functional groups attached to an aromatic ring is 1. The van der Waals surface area contributed by atoms with Crippen LogP contribution in [0.1, 0.15) is 39.6 Å². The van der Waals surface area contributed by atoms with E-state index in [0.717, 1.165) is 6.07 Å². The number of hydroxylamine groups is 1. The Kier molecular flexibility index (Phi) is 7.63. The van der Waals surface area contributed by atoms with Crippen LogP contribution in [0.3, 0.4) is 0 Å². The summed E-state index contributed by atoms with van der Waals surface area (Å²) in [5.74, 6) is -0.674. The lowest BCUT2D eigenvalue weighted by Gasteiger charge is -2.25. The molecule has 37 heavy (non-hydrogen) atoms. The number of pyridine rings is 1. The Labute approximate surface area is 214 Å². The van der Waals surface area contributed by atoms with Crippen LogP contribution in [0.5, 0.6) is 0 Å². The summed E-state index contributed by atoms with van der Waals surface area (Å²) >= 11 is 1.23. The van der Waals surface area contributed by atoms with Gasteiger partial charge in [-0.05, 0) is 19.9 Å². The lowest BCUT2D eigenvalue weighted by atomic mass is 10.1. The zero-order valence-corrected chi connectivity index (χ0v) is 20.9. The van der Waals surface area contributed by atoms with E-state index >= 15 is 0 Å². The highest BCUT2D eigenvalue weighted by atomic mass is 32.2. The minimum absolute atomic E-state index is 0.0144. The molecule has 12 nitrogen and oxygen atoms in total. The topological polar surface area (TPSA) is 151 Å². The highest BCUT2D eigenvalue weighted by Gasteiger charge is 2.35. The van der Waals surface area contributed by atoms with Crippen LogP contribution < -0.4 is 27.2 Å². The molecule has 0 spiro atoms. The zero-order chi connectivity index (χ0) is 26.9. The number of nitrogens with zero attached hydrogens (tertiary/aromatic N) is 4. The number of thioether (sulfide) groups is 1. The number of aryl methyl sites for hydroxylation is 1. The van der Waals surface area contributed by atoms with Crippen LogP contribution in [0.15, 0.2) is 29.8 Å². The van der Waals surface area contributed by atoms with Crippen LogP contribution in [0.2, 0.25) is 0 Å². The van der Waals surface area contributed by atoms with E-state index in [0.29, 0.717) is 11.4 Å². The van der Waals surface area contributed by atoms with E-state index in [9.17, 15) is 22.8 Å². The van der Waals surface area contributed by atoms with Gasteiger partial charge in [0, 0.05) is 29.9 Å². The summed E-state index contributed by atoms with van der Waals surface area (Å²) in [6.07, 6.45) is -2.37. The molecule has 1 fully saturated rings. The quantitative estimate of drug-likeness (QED) is 0.343. The summed E-state index contributed by atoms with van der Waals surface area (Å²) in [5, 5.41) is 9.56. The van der Waals surface area contributed by atoms with Gasteiger partial charge in [-0.25, -0.2) is 4.98 Å². The highest BCUT2D eigenvalue weighted by molar-refractivity contribution is 8.02. The van der Waals surface area contributed by atoms with Crippen molar-refractivity contribution in [3.8, 4) is 0 Å². The first-order chi connectivity index (χ1) is 17.4. The summed E-state index contributed by atoms with van der Waals surface area (Å²) in [5.41, 5.74) is 8.02. The Balaban J connectivity index is 1.37. The van der Waals surface area contributed by atoms with Gasteiger partial charge < -0.3 is 25.8 Å². The first-order valence-electron chi connectivity index (χ1n) is 11.1. The lowest BCUT2D eigenvalue weighted by molar-refractivity contribution is -0.138. The largest absolute Gasteiger partial charge is 0.418 e. The number of alkyl halides is 3. The number of amides is 2. The molecule has 3 unspecified atom stereocenters. The van der Waals surface area contributed by atoms with Crippen molar-refractivity contribution in [1.82, 2.24) is 40.9 Å². The molecule has 1 saturated heterocycles. The number of halogens is 3. The van der Waals surface area contributed by atoms with E-state index < -0.39 is 35.2 Å². The van der Waals surface area contributed by atoms with Crippen LogP contribution in [0.4, 0.5) is 19.0 Å². The maximum atomic E-state index is 13.3. The minimum atomic E-state index is -4.52. The van der Waals surface area contributed by atoms with E-state index in [1.807, 2.05) is 6.92 Å². The fraction of sp³-hybridized carbons (Fsp3) is 0.429. The van der Waals surface area contributed by atoms with Crippen LogP contribution >= 0.6 is 11.8 Å².